The molecule has 24 heavy (non-hydrogen) atoms. The van der Waals surface area contributed by atoms with Gasteiger partial charge in [-0.15, -0.1) is 0 Å². The van der Waals surface area contributed by atoms with Crippen molar-refractivity contribution in [2.45, 2.75) is 49.6 Å². The van der Waals surface area contributed by atoms with E-state index in [-0.39, 0.29) is 5.41 Å². The summed E-state index contributed by atoms with van der Waals surface area (Å²) in [6.07, 6.45) is 6.58. The largest absolute Gasteiger partial charge is 0.493 e. The van der Waals surface area contributed by atoms with E-state index in [1.165, 1.54) is 57.3 Å². The quantitative estimate of drug-likeness (QED) is 0.847. The van der Waals surface area contributed by atoms with E-state index in [4.69, 9.17) is 9.47 Å². The molecule has 0 aromatic heterocycles. The van der Waals surface area contributed by atoms with Gasteiger partial charge in [0.05, 0.1) is 14.2 Å². The van der Waals surface area contributed by atoms with Gasteiger partial charge in [0.1, 0.15) is 0 Å². The molecule has 1 aliphatic carbocycles. The third-order valence-electron chi connectivity index (χ3n) is 6.87. The molecule has 3 aliphatic rings. The maximum Gasteiger partial charge on any atom is 0.161 e. The molecule has 0 amide bonds. The first kappa shape index (κ1) is 16.2. The minimum Gasteiger partial charge on any atom is -0.493 e. The zero-order chi connectivity index (χ0) is 16.7. The second-order valence-corrected chi connectivity index (χ2v) is 7.79. The van der Waals surface area contributed by atoms with E-state index in [2.05, 4.69) is 35.0 Å². The van der Waals surface area contributed by atoms with Crippen molar-refractivity contribution in [2.24, 2.45) is 0 Å². The monoisotopic (exact) mass is 330 g/mol. The number of benzene rings is 1. The second-order valence-electron chi connectivity index (χ2n) is 7.79. The summed E-state index contributed by atoms with van der Waals surface area (Å²) in [5, 5.41) is 0. The van der Waals surface area contributed by atoms with Gasteiger partial charge in [0.15, 0.2) is 11.5 Å². The number of likely N-dealkylation sites (tertiary alicyclic amines) is 2. The predicted octanol–water partition coefficient (Wildman–Crippen LogP) is 2.90. The molecule has 0 radical (unpaired) electrons. The fourth-order valence-corrected chi connectivity index (χ4v) is 5.28. The fraction of sp³-hybridized carbons (Fsp3) is 0.700. The number of ether oxygens (including phenoxy) is 2. The van der Waals surface area contributed by atoms with Gasteiger partial charge in [0.2, 0.25) is 0 Å². The molecule has 1 aromatic rings. The van der Waals surface area contributed by atoms with Crippen molar-refractivity contribution in [3.8, 4) is 11.5 Å². The van der Waals surface area contributed by atoms with Crippen LogP contribution in [0.1, 0.15) is 37.7 Å². The molecule has 4 nitrogen and oxygen atoms in total. The Hall–Kier alpha value is -1.26. The molecule has 0 bridgehead atoms. The number of likely N-dealkylation sites (N-methyl/N-ethyl adjacent to an activating group) is 1. The van der Waals surface area contributed by atoms with Gasteiger partial charge >= 0.3 is 0 Å². The number of rotatable bonds is 4. The van der Waals surface area contributed by atoms with E-state index in [0.717, 1.165) is 17.5 Å². The van der Waals surface area contributed by atoms with E-state index >= 15 is 0 Å². The summed E-state index contributed by atoms with van der Waals surface area (Å²) in [4.78, 5) is 5.30. The van der Waals surface area contributed by atoms with Gasteiger partial charge in [-0.3, -0.25) is 0 Å². The van der Waals surface area contributed by atoms with Crippen LogP contribution >= 0.6 is 0 Å². The van der Waals surface area contributed by atoms with Crippen LogP contribution in [-0.4, -0.2) is 62.8 Å². The Bertz CT molecular complexity index is 601. The predicted molar refractivity (Wildman–Crippen MR) is 96.1 cm³/mol. The average Bonchev–Trinajstić information content (AvgIpc) is 2.91. The van der Waals surface area contributed by atoms with Crippen LogP contribution in [0.2, 0.25) is 0 Å². The van der Waals surface area contributed by atoms with Crippen LogP contribution in [0.15, 0.2) is 18.2 Å². The maximum absolute atomic E-state index is 5.58. The standard InChI is InChI=1S/C20H30N2O2/c1-21-12-9-20(15-5-6-17(23-2)18(13-15)24-3)8-7-16(14-19(20)21)22-10-4-11-22/h5-6,13,16,19H,4,7-12,14H2,1-3H3/t16-,19+,20+/m1/s1. The molecule has 1 aromatic carbocycles. The minimum atomic E-state index is 0.287. The Labute approximate surface area is 145 Å². The normalized spacial score (nSPS) is 33.8. The van der Waals surface area contributed by atoms with E-state index in [1.54, 1.807) is 14.2 Å². The van der Waals surface area contributed by atoms with Gasteiger partial charge in [-0.25, -0.2) is 0 Å². The molecule has 0 spiro atoms. The van der Waals surface area contributed by atoms with Crippen LogP contribution in [0.4, 0.5) is 0 Å². The molecular formula is C20H30N2O2. The smallest absolute Gasteiger partial charge is 0.161 e. The van der Waals surface area contributed by atoms with E-state index in [0.29, 0.717) is 6.04 Å². The molecule has 0 unspecified atom stereocenters. The lowest BCUT2D eigenvalue weighted by atomic mass is 9.64. The summed E-state index contributed by atoms with van der Waals surface area (Å²) in [6, 6.07) is 8.03. The molecular weight excluding hydrogens is 300 g/mol. The van der Waals surface area contributed by atoms with Crippen molar-refractivity contribution in [2.75, 3.05) is 40.9 Å². The first-order valence-electron chi connectivity index (χ1n) is 9.35. The summed E-state index contributed by atoms with van der Waals surface area (Å²) < 4.78 is 11.0. The van der Waals surface area contributed by atoms with Crippen LogP contribution < -0.4 is 9.47 Å². The number of fused-ring (bicyclic) bond motifs is 1. The van der Waals surface area contributed by atoms with Crippen molar-refractivity contribution < 1.29 is 9.47 Å². The van der Waals surface area contributed by atoms with E-state index in [9.17, 15) is 0 Å². The van der Waals surface area contributed by atoms with E-state index in [1.807, 2.05) is 0 Å². The van der Waals surface area contributed by atoms with Crippen molar-refractivity contribution >= 4 is 0 Å². The molecule has 3 fully saturated rings. The summed E-state index contributed by atoms with van der Waals surface area (Å²) in [6.45, 7) is 3.82. The summed E-state index contributed by atoms with van der Waals surface area (Å²) in [5.74, 6) is 1.69. The number of nitrogens with zero attached hydrogens (tertiary/aromatic N) is 2. The van der Waals surface area contributed by atoms with Gasteiger partial charge in [-0.2, -0.15) is 0 Å². The summed E-state index contributed by atoms with van der Waals surface area (Å²) in [5.41, 5.74) is 1.73. The third-order valence-corrected chi connectivity index (χ3v) is 6.87. The lowest BCUT2D eigenvalue weighted by Gasteiger charge is -2.49. The lowest BCUT2D eigenvalue weighted by molar-refractivity contribution is 0.0448. The summed E-state index contributed by atoms with van der Waals surface area (Å²) >= 11 is 0. The van der Waals surface area contributed by atoms with Gasteiger partial charge in [0.25, 0.3) is 0 Å². The van der Waals surface area contributed by atoms with Crippen LogP contribution in [-0.2, 0) is 5.41 Å². The molecule has 4 rings (SSSR count). The lowest BCUT2D eigenvalue weighted by Crippen LogP contribution is -2.54. The number of hydrogen-bond donors (Lipinski definition) is 0. The third kappa shape index (κ3) is 2.42. The molecule has 2 saturated heterocycles. The maximum atomic E-state index is 5.58. The zero-order valence-electron chi connectivity index (χ0n) is 15.3. The molecule has 2 aliphatic heterocycles. The zero-order valence-corrected chi connectivity index (χ0v) is 15.3. The summed E-state index contributed by atoms with van der Waals surface area (Å²) in [7, 11) is 5.75. The van der Waals surface area contributed by atoms with Gasteiger partial charge in [-0.05, 0) is 76.5 Å². The molecule has 1 saturated carbocycles. The minimum absolute atomic E-state index is 0.287. The van der Waals surface area contributed by atoms with Crippen molar-refractivity contribution in [3.05, 3.63) is 23.8 Å². The van der Waals surface area contributed by atoms with Gasteiger partial charge in [-0.1, -0.05) is 6.07 Å². The Morgan fingerprint density at radius 2 is 1.83 bits per heavy atom. The number of methoxy groups -OCH3 is 2. The Kier molecular flexibility index (Phi) is 4.21. The second kappa shape index (κ2) is 6.23. The molecule has 3 atom stereocenters. The highest BCUT2D eigenvalue weighted by molar-refractivity contribution is 5.46. The number of hydrogen-bond acceptors (Lipinski definition) is 4. The highest BCUT2D eigenvalue weighted by Gasteiger charge is 2.51. The van der Waals surface area contributed by atoms with Gasteiger partial charge < -0.3 is 19.3 Å². The van der Waals surface area contributed by atoms with Crippen LogP contribution in [0, 0.1) is 0 Å². The van der Waals surface area contributed by atoms with Gasteiger partial charge in [0, 0.05) is 17.5 Å². The first-order valence-corrected chi connectivity index (χ1v) is 9.35. The molecule has 132 valence electrons. The van der Waals surface area contributed by atoms with Crippen molar-refractivity contribution in [1.82, 2.24) is 9.80 Å². The average molecular weight is 330 g/mol. The Balaban J connectivity index is 1.65. The highest BCUT2D eigenvalue weighted by atomic mass is 16.5. The van der Waals surface area contributed by atoms with Crippen molar-refractivity contribution in [1.29, 1.82) is 0 Å². The van der Waals surface area contributed by atoms with E-state index < -0.39 is 0 Å². The fourth-order valence-electron chi connectivity index (χ4n) is 5.28. The Morgan fingerprint density at radius 1 is 1.04 bits per heavy atom. The van der Waals surface area contributed by atoms with Crippen molar-refractivity contribution in [3.63, 3.8) is 0 Å². The SMILES string of the molecule is COc1ccc([C@@]23CC[C@@H](N4CCC4)C[C@@H]2N(C)CC3)cc1OC. The first-order chi connectivity index (χ1) is 11.7. The van der Waals surface area contributed by atoms with Crippen LogP contribution in [0.3, 0.4) is 0 Å². The van der Waals surface area contributed by atoms with Crippen LogP contribution in [0.5, 0.6) is 11.5 Å². The highest BCUT2D eigenvalue weighted by Crippen LogP contribution is 2.50. The van der Waals surface area contributed by atoms with Crippen LogP contribution in [0.25, 0.3) is 0 Å². The topological polar surface area (TPSA) is 24.9 Å². The molecule has 4 heteroatoms. The Morgan fingerprint density at radius 3 is 2.50 bits per heavy atom. The molecule has 0 N–H and O–H groups in total. The molecule has 2 heterocycles.